The smallest absolute Gasteiger partial charge is 0.160 e. The average molecular weight is 348 g/mol. The molecule has 0 amide bonds. The summed E-state index contributed by atoms with van der Waals surface area (Å²) in [4.78, 5) is 0. The number of rotatable bonds is 4. The maximum atomic E-state index is 5.72. The first-order valence-electron chi connectivity index (χ1n) is 5.68. The van der Waals surface area contributed by atoms with Crippen molar-refractivity contribution in [2.45, 2.75) is 18.4 Å². The fraction of sp³-hybridized carbons (Fsp3) is 0.538. The monoisotopic (exact) mass is 348 g/mol. The van der Waals surface area contributed by atoms with Crippen molar-refractivity contribution < 1.29 is 14.2 Å². The number of benzene rings is 1. The molecule has 0 N–H and O–H groups in total. The molecule has 0 saturated carbocycles. The van der Waals surface area contributed by atoms with Crippen LogP contribution < -0.4 is 9.47 Å². The minimum Gasteiger partial charge on any atom is -0.493 e. The van der Waals surface area contributed by atoms with Crippen LogP contribution in [0.1, 0.15) is 17.9 Å². The number of hydrogen-bond acceptors (Lipinski definition) is 3. The summed E-state index contributed by atoms with van der Waals surface area (Å²) in [7, 11) is 3.32. The van der Waals surface area contributed by atoms with Gasteiger partial charge in [0.2, 0.25) is 0 Å². The van der Waals surface area contributed by atoms with Gasteiger partial charge in [-0.05, 0) is 24.1 Å². The molecule has 1 heterocycles. The van der Waals surface area contributed by atoms with Gasteiger partial charge < -0.3 is 14.2 Å². The summed E-state index contributed by atoms with van der Waals surface area (Å²) in [6.45, 7) is 0.809. The molecule has 0 aliphatic carbocycles. The van der Waals surface area contributed by atoms with E-state index >= 15 is 0 Å². The van der Waals surface area contributed by atoms with Gasteiger partial charge in [0.1, 0.15) is 0 Å². The summed E-state index contributed by atoms with van der Waals surface area (Å²) in [5, 5.41) is 0. The van der Waals surface area contributed by atoms with E-state index in [1.165, 1.54) is 5.56 Å². The van der Waals surface area contributed by atoms with E-state index in [1.807, 2.05) is 6.07 Å². The van der Waals surface area contributed by atoms with Crippen molar-refractivity contribution in [1.29, 1.82) is 0 Å². The fourth-order valence-electron chi connectivity index (χ4n) is 2.15. The molecule has 1 saturated heterocycles. The van der Waals surface area contributed by atoms with Gasteiger partial charge in [-0.3, -0.25) is 0 Å². The Bertz CT molecular complexity index is 381. The Morgan fingerprint density at radius 2 is 2.06 bits per heavy atom. The summed E-state index contributed by atoms with van der Waals surface area (Å²) >= 11 is 2.37. The highest BCUT2D eigenvalue weighted by Crippen LogP contribution is 2.35. The highest BCUT2D eigenvalue weighted by Gasteiger charge is 2.26. The molecule has 2 rings (SSSR count). The first-order valence-corrected chi connectivity index (χ1v) is 7.20. The molecular formula is C13H17IO3. The van der Waals surface area contributed by atoms with Crippen molar-refractivity contribution in [1.82, 2.24) is 0 Å². The average Bonchev–Trinajstić information content (AvgIpc) is 2.86. The number of halogens is 1. The lowest BCUT2D eigenvalue weighted by Crippen LogP contribution is -2.05. The van der Waals surface area contributed by atoms with Crippen LogP contribution in [0.15, 0.2) is 18.2 Å². The Kier molecular flexibility index (Phi) is 4.50. The SMILES string of the molecule is COc1ccc([C@@H]2CO[C@H](CI)C2)cc1OC. The van der Waals surface area contributed by atoms with E-state index in [-0.39, 0.29) is 0 Å². The second-order valence-electron chi connectivity index (χ2n) is 4.16. The minimum absolute atomic E-state index is 0.397. The molecule has 1 fully saturated rings. The Morgan fingerprint density at radius 1 is 1.29 bits per heavy atom. The molecule has 0 bridgehead atoms. The van der Waals surface area contributed by atoms with Gasteiger partial charge in [-0.1, -0.05) is 28.7 Å². The Balaban J connectivity index is 2.16. The van der Waals surface area contributed by atoms with Crippen LogP contribution in [0.2, 0.25) is 0 Å². The molecule has 0 spiro atoms. The molecule has 3 nitrogen and oxygen atoms in total. The van der Waals surface area contributed by atoms with Crippen LogP contribution in [0, 0.1) is 0 Å². The number of alkyl halides is 1. The van der Waals surface area contributed by atoms with E-state index in [0.29, 0.717) is 12.0 Å². The summed E-state index contributed by atoms with van der Waals surface area (Å²) in [6, 6.07) is 6.12. The first-order chi connectivity index (χ1) is 8.28. The molecule has 0 unspecified atom stereocenters. The Morgan fingerprint density at radius 3 is 2.65 bits per heavy atom. The maximum Gasteiger partial charge on any atom is 0.160 e. The van der Waals surface area contributed by atoms with Crippen molar-refractivity contribution in [3.63, 3.8) is 0 Å². The topological polar surface area (TPSA) is 27.7 Å². The quantitative estimate of drug-likeness (QED) is 0.619. The standard InChI is InChI=1S/C13H17IO3/c1-15-12-4-3-9(6-13(12)16-2)10-5-11(7-14)17-8-10/h3-4,6,10-11H,5,7-8H2,1-2H3/t10-,11-/m0/s1. The lowest BCUT2D eigenvalue weighted by atomic mass is 9.96. The third-order valence-corrected chi connectivity index (χ3v) is 4.11. The van der Waals surface area contributed by atoms with Gasteiger partial charge >= 0.3 is 0 Å². The minimum atomic E-state index is 0.397. The summed E-state index contributed by atoms with van der Waals surface area (Å²) < 4.78 is 17.3. The molecule has 94 valence electrons. The third-order valence-electron chi connectivity index (χ3n) is 3.13. The van der Waals surface area contributed by atoms with Gasteiger partial charge in [0, 0.05) is 10.3 Å². The molecule has 1 aliphatic heterocycles. The van der Waals surface area contributed by atoms with Crippen LogP contribution in [0.3, 0.4) is 0 Å². The van der Waals surface area contributed by atoms with E-state index in [2.05, 4.69) is 34.7 Å². The van der Waals surface area contributed by atoms with E-state index in [0.717, 1.165) is 29.0 Å². The van der Waals surface area contributed by atoms with Crippen molar-refractivity contribution in [2.75, 3.05) is 25.3 Å². The Labute approximate surface area is 116 Å². The molecule has 2 atom stereocenters. The van der Waals surface area contributed by atoms with Crippen molar-refractivity contribution in [3.8, 4) is 11.5 Å². The highest BCUT2D eigenvalue weighted by molar-refractivity contribution is 14.1. The van der Waals surface area contributed by atoms with Crippen molar-refractivity contribution in [3.05, 3.63) is 23.8 Å². The molecule has 1 aromatic rings. The summed E-state index contributed by atoms with van der Waals surface area (Å²) in [5.41, 5.74) is 1.27. The number of hydrogen-bond donors (Lipinski definition) is 0. The van der Waals surface area contributed by atoms with Gasteiger partial charge in [-0.2, -0.15) is 0 Å². The van der Waals surface area contributed by atoms with E-state index < -0.39 is 0 Å². The van der Waals surface area contributed by atoms with Crippen molar-refractivity contribution in [2.24, 2.45) is 0 Å². The third kappa shape index (κ3) is 2.85. The first kappa shape index (κ1) is 13.0. The van der Waals surface area contributed by atoms with Crippen LogP contribution in [0.4, 0.5) is 0 Å². The second-order valence-corrected chi connectivity index (χ2v) is 5.04. The van der Waals surface area contributed by atoms with Gasteiger partial charge in [0.05, 0.1) is 26.9 Å². The predicted octanol–water partition coefficient (Wildman–Crippen LogP) is 3.01. The van der Waals surface area contributed by atoms with Crippen LogP contribution in [-0.4, -0.2) is 31.4 Å². The second kappa shape index (κ2) is 5.91. The van der Waals surface area contributed by atoms with Crippen LogP contribution in [0.5, 0.6) is 11.5 Å². The number of methoxy groups -OCH3 is 2. The van der Waals surface area contributed by atoms with Crippen LogP contribution in [-0.2, 0) is 4.74 Å². The molecular weight excluding hydrogens is 331 g/mol. The van der Waals surface area contributed by atoms with Crippen molar-refractivity contribution >= 4 is 22.6 Å². The van der Waals surface area contributed by atoms with E-state index in [1.54, 1.807) is 14.2 Å². The van der Waals surface area contributed by atoms with Gasteiger partial charge in [0.25, 0.3) is 0 Å². The Hall–Kier alpha value is -0.490. The largest absolute Gasteiger partial charge is 0.493 e. The molecule has 4 heteroatoms. The summed E-state index contributed by atoms with van der Waals surface area (Å²) in [6.07, 6.45) is 1.49. The van der Waals surface area contributed by atoms with Gasteiger partial charge in [-0.25, -0.2) is 0 Å². The lowest BCUT2D eigenvalue weighted by Gasteiger charge is -2.12. The zero-order valence-electron chi connectivity index (χ0n) is 10.1. The van der Waals surface area contributed by atoms with E-state index in [9.17, 15) is 0 Å². The maximum absolute atomic E-state index is 5.72. The normalized spacial score (nSPS) is 23.7. The molecule has 17 heavy (non-hydrogen) atoms. The molecule has 0 radical (unpaired) electrons. The number of ether oxygens (including phenoxy) is 3. The zero-order chi connectivity index (χ0) is 12.3. The summed E-state index contributed by atoms with van der Waals surface area (Å²) in [5.74, 6) is 2.05. The molecule has 1 aromatic carbocycles. The van der Waals surface area contributed by atoms with Gasteiger partial charge in [-0.15, -0.1) is 0 Å². The van der Waals surface area contributed by atoms with Gasteiger partial charge in [0.15, 0.2) is 11.5 Å². The van der Waals surface area contributed by atoms with E-state index in [4.69, 9.17) is 14.2 Å². The van der Waals surface area contributed by atoms with Crippen LogP contribution in [0.25, 0.3) is 0 Å². The molecule has 0 aromatic heterocycles. The highest BCUT2D eigenvalue weighted by atomic mass is 127. The zero-order valence-corrected chi connectivity index (χ0v) is 12.3. The molecule has 1 aliphatic rings. The lowest BCUT2D eigenvalue weighted by molar-refractivity contribution is 0.129. The van der Waals surface area contributed by atoms with Crippen LogP contribution >= 0.6 is 22.6 Å². The predicted molar refractivity (Wildman–Crippen MR) is 75.5 cm³/mol. The fourth-order valence-corrected chi connectivity index (χ4v) is 2.77.